The number of hydrogen-bond acceptors (Lipinski definition) is 4. The Balaban J connectivity index is 3.34. The van der Waals surface area contributed by atoms with E-state index in [-0.39, 0.29) is 5.69 Å². The highest BCUT2D eigenvalue weighted by Crippen LogP contribution is 2.35. The van der Waals surface area contributed by atoms with Crippen LogP contribution in [0.4, 0.5) is 5.69 Å². The van der Waals surface area contributed by atoms with Crippen molar-refractivity contribution in [3.8, 4) is 11.5 Å². The SMILES string of the molecule is CCC=Cc1cc(OC)c(OC)cc1[N+](=O)[O-]. The van der Waals surface area contributed by atoms with E-state index in [0.717, 1.165) is 6.42 Å². The molecule has 0 fully saturated rings. The Bertz CT molecular complexity index is 440. The normalized spacial score (nSPS) is 10.5. The third kappa shape index (κ3) is 2.96. The molecule has 0 bridgehead atoms. The third-order valence-corrected chi connectivity index (χ3v) is 2.26. The molecule has 0 unspecified atom stereocenters. The van der Waals surface area contributed by atoms with Crippen LogP contribution in [-0.4, -0.2) is 19.1 Å². The fraction of sp³-hybridized carbons (Fsp3) is 0.333. The first-order valence-corrected chi connectivity index (χ1v) is 5.21. The molecule has 5 nitrogen and oxygen atoms in total. The van der Waals surface area contributed by atoms with Gasteiger partial charge in [-0.2, -0.15) is 0 Å². The van der Waals surface area contributed by atoms with Gasteiger partial charge in [0.2, 0.25) is 0 Å². The van der Waals surface area contributed by atoms with Crippen molar-refractivity contribution in [3.63, 3.8) is 0 Å². The van der Waals surface area contributed by atoms with Gasteiger partial charge in [-0.3, -0.25) is 10.1 Å². The van der Waals surface area contributed by atoms with Crippen LogP contribution in [0.1, 0.15) is 18.9 Å². The van der Waals surface area contributed by atoms with E-state index in [1.165, 1.54) is 20.3 Å². The largest absolute Gasteiger partial charge is 0.493 e. The molecule has 0 spiro atoms. The van der Waals surface area contributed by atoms with E-state index in [0.29, 0.717) is 17.1 Å². The molecule has 0 N–H and O–H groups in total. The van der Waals surface area contributed by atoms with Crippen molar-refractivity contribution in [2.24, 2.45) is 0 Å². The summed E-state index contributed by atoms with van der Waals surface area (Å²) in [5, 5.41) is 10.9. The van der Waals surface area contributed by atoms with Crippen LogP contribution >= 0.6 is 0 Å². The first-order chi connectivity index (χ1) is 8.13. The van der Waals surface area contributed by atoms with Crippen LogP contribution < -0.4 is 9.47 Å². The van der Waals surface area contributed by atoms with E-state index in [4.69, 9.17) is 9.47 Å². The minimum atomic E-state index is -0.433. The molecular formula is C12H15NO4. The number of rotatable bonds is 5. The van der Waals surface area contributed by atoms with Crippen LogP contribution in [0.2, 0.25) is 0 Å². The Hall–Kier alpha value is -2.04. The lowest BCUT2D eigenvalue weighted by Gasteiger charge is -2.08. The number of allylic oxidation sites excluding steroid dienone is 1. The van der Waals surface area contributed by atoms with Crippen molar-refractivity contribution in [2.75, 3.05) is 14.2 Å². The van der Waals surface area contributed by atoms with E-state index in [9.17, 15) is 10.1 Å². The lowest BCUT2D eigenvalue weighted by Crippen LogP contribution is -1.96. The highest BCUT2D eigenvalue weighted by atomic mass is 16.6. The van der Waals surface area contributed by atoms with Gasteiger partial charge in [0.15, 0.2) is 11.5 Å². The van der Waals surface area contributed by atoms with Gasteiger partial charge in [0.25, 0.3) is 5.69 Å². The zero-order valence-corrected chi connectivity index (χ0v) is 10.1. The molecule has 1 aromatic carbocycles. The van der Waals surface area contributed by atoms with Crippen LogP contribution in [0.15, 0.2) is 18.2 Å². The molecule has 0 aliphatic heterocycles. The smallest absolute Gasteiger partial charge is 0.280 e. The lowest BCUT2D eigenvalue weighted by atomic mass is 10.1. The van der Waals surface area contributed by atoms with E-state index in [2.05, 4.69) is 0 Å². The van der Waals surface area contributed by atoms with Gasteiger partial charge < -0.3 is 9.47 Å². The Morgan fingerprint density at radius 2 is 1.88 bits per heavy atom. The average Bonchev–Trinajstić information content (AvgIpc) is 2.34. The van der Waals surface area contributed by atoms with Crippen molar-refractivity contribution in [3.05, 3.63) is 33.9 Å². The van der Waals surface area contributed by atoms with Gasteiger partial charge >= 0.3 is 0 Å². The Kier molecular flexibility index (Phi) is 4.51. The van der Waals surface area contributed by atoms with Crippen LogP contribution in [0.25, 0.3) is 6.08 Å². The second-order valence-corrected chi connectivity index (χ2v) is 3.33. The highest BCUT2D eigenvalue weighted by Gasteiger charge is 2.17. The summed E-state index contributed by atoms with van der Waals surface area (Å²) in [5.74, 6) is 0.835. The Morgan fingerprint density at radius 3 is 2.35 bits per heavy atom. The van der Waals surface area contributed by atoms with Gasteiger partial charge in [-0.25, -0.2) is 0 Å². The van der Waals surface area contributed by atoms with E-state index in [1.807, 2.05) is 13.0 Å². The van der Waals surface area contributed by atoms with Crippen LogP contribution in [0, 0.1) is 10.1 Å². The summed E-state index contributed by atoms with van der Waals surface area (Å²) < 4.78 is 10.1. The van der Waals surface area contributed by atoms with E-state index >= 15 is 0 Å². The predicted octanol–water partition coefficient (Wildman–Crippen LogP) is 3.04. The third-order valence-electron chi connectivity index (χ3n) is 2.26. The van der Waals surface area contributed by atoms with Crippen LogP contribution in [0.5, 0.6) is 11.5 Å². The minimum Gasteiger partial charge on any atom is -0.493 e. The molecular weight excluding hydrogens is 222 g/mol. The lowest BCUT2D eigenvalue weighted by molar-refractivity contribution is -0.385. The maximum atomic E-state index is 10.9. The number of nitro groups is 1. The monoisotopic (exact) mass is 237 g/mol. The number of nitrogens with zero attached hydrogens (tertiary/aromatic N) is 1. The van der Waals surface area contributed by atoms with Gasteiger partial charge in [-0.15, -0.1) is 0 Å². The van der Waals surface area contributed by atoms with Gasteiger partial charge in [-0.1, -0.05) is 19.1 Å². The molecule has 5 heteroatoms. The number of nitro benzene ring substituents is 1. The molecule has 1 aromatic rings. The fourth-order valence-electron chi connectivity index (χ4n) is 1.42. The van der Waals surface area contributed by atoms with Gasteiger partial charge in [0.1, 0.15) is 0 Å². The summed E-state index contributed by atoms with van der Waals surface area (Å²) in [4.78, 5) is 10.5. The quantitative estimate of drug-likeness (QED) is 0.583. The number of hydrogen-bond donors (Lipinski definition) is 0. The molecule has 17 heavy (non-hydrogen) atoms. The zero-order valence-electron chi connectivity index (χ0n) is 10.1. The maximum absolute atomic E-state index is 10.9. The molecule has 0 radical (unpaired) electrons. The van der Waals surface area contributed by atoms with Gasteiger partial charge in [-0.05, 0) is 12.5 Å². The molecule has 0 aliphatic rings. The van der Waals surface area contributed by atoms with E-state index < -0.39 is 4.92 Å². The first-order valence-electron chi connectivity index (χ1n) is 5.21. The van der Waals surface area contributed by atoms with E-state index in [1.54, 1.807) is 12.1 Å². The second-order valence-electron chi connectivity index (χ2n) is 3.33. The summed E-state index contributed by atoms with van der Waals surface area (Å²) in [5.41, 5.74) is 0.516. The second kappa shape index (κ2) is 5.89. The van der Waals surface area contributed by atoms with Crippen molar-refractivity contribution >= 4 is 11.8 Å². The Labute approximate surface area is 99.8 Å². The highest BCUT2D eigenvalue weighted by molar-refractivity contribution is 5.66. The molecule has 1 rings (SSSR count). The van der Waals surface area contributed by atoms with Crippen LogP contribution in [0.3, 0.4) is 0 Å². The average molecular weight is 237 g/mol. The summed E-state index contributed by atoms with van der Waals surface area (Å²) in [6.45, 7) is 1.96. The Morgan fingerprint density at radius 1 is 1.29 bits per heavy atom. The molecule has 0 aliphatic carbocycles. The summed E-state index contributed by atoms with van der Waals surface area (Å²) in [6.07, 6.45) is 4.37. The molecule has 0 saturated heterocycles. The molecule has 0 aromatic heterocycles. The van der Waals surface area contributed by atoms with Crippen molar-refractivity contribution < 1.29 is 14.4 Å². The fourth-order valence-corrected chi connectivity index (χ4v) is 1.42. The predicted molar refractivity (Wildman–Crippen MR) is 65.5 cm³/mol. The van der Waals surface area contributed by atoms with Crippen molar-refractivity contribution in [1.82, 2.24) is 0 Å². The number of ether oxygens (including phenoxy) is 2. The maximum Gasteiger partial charge on any atom is 0.280 e. The molecule has 92 valence electrons. The summed E-state index contributed by atoms with van der Waals surface area (Å²) >= 11 is 0. The van der Waals surface area contributed by atoms with Crippen LogP contribution in [-0.2, 0) is 0 Å². The minimum absolute atomic E-state index is 0.00681. The molecule has 0 saturated carbocycles. The molecule has 0 atom stereocenters. The summed E-state index contributed by atoms with van der Waals surface area (Å²) in [7, 11) is 2.94. The zero-order chi connectivity index (χ0) is 12.8. The standard InChI is InChI=1S/C12H15NO4/c1-4-5-6-9-7-11(16-2)12(17-3)8-10(9)13(14)15/h5-8H,4H2,1-3H3. The first kappa shape index (κ1) is 13.0. The van der Waals surface area contributed by atoms with Gasteiger partial charge in [0.05, 0.1) is 30.8 Å². The number of benzene rings is 1. The molecule has 0 heterocycles. The van der Waals surface area contributed by atoms with Crippen molar-refractivity contribution in [1.29, 1.82) is 0 Å². The van der Waals surface area contributed by atoms with Crippen molar-refractivity contribution in [2.45, 2.75) is 13.3 Å². The molecule has 0 amide bonds. The topological polar surface area (TPSA) is 61.6 Å². The van der Waals surface area contributed by atoms with Gasteiger partial charge in [0, 0.05) is 0 Å². The number of methoxy groups -OCH3 is 2. The summed E-state index contributed by atoms with van der Waals surface area (Å²) in [6, 6.07) is 2.97.